The van der Waals surface area contributed by atoms with E-state index in [1.807, 2.05) is 23.1 Å². The highest BCUT2D eigenvalue weighted by atomic mass is 16.5. The Kier molecular flexibility index (Phi) is 4.42. The van der Waals surface area contributed by atoms with E-state index in [1.165, 1.54) is 11.8 Å². The number of carbonyl (C=O) groups excluding carboxylic acids is 1. The number of hydrogen-bond acceptors (Lipinski definition) is 5. The van der Waals surface area contributed by atoms with E-state index < -0.39 is 5.97 Å². The Hall–Kier alpha value is -2.74. The minimum atomic E-state index is -1.08. The summed E-state index contributed by atoms with van der Waals surface area (Å²) in [6.45, 7) is 2.55. The van der Waals surface area contributed by atoms with Gasteiger partial charge in [-0.1, -0.05) is 11.3 Å². The van der Waals surface area contributed by atoms with E-state index in [4.69, 9.17) is 9.84 Å². The molecule has 0 atom stereocenters. The van der Waals surface area contributed by atoms with Gasteiger partial charge in [0, 0.05) is 18.7 Å². The Morgan fingerprint density at radius 1 is 1.19 bits per heavy atom. The molecule has 0 aliphatic carbocycles. The minimum absolute atomic E-state index is 0.0440. The number of aromatic carboxylic acids is 1. The van der Waals surface area contributed by atoms with Gasteiger partial charge in [0.2, 0.25) is 0 Å². The summed E-state index contributed by atoms with van der Waals surface area (Å²) in [5.41, 5.74) is 3.02. The van der Waals surface area contributed by atoms with Crippen molar-refractivity contribution in [3.8, 4) is 0 Å². The van der Waals surface area contributed by atoms with Crippen molar-refractivity contribution < 1.29 is 19.4 Å². The molecule has 136 valence electrons. The Labute approximate surface area is 150 Å². The summed E-state index contributed by atoms with van der Waals surface area (Å²) < 4.78 is 7.04. The third-order valence-corrected chi connectivity index (χ3v) is 5.08. The van der Waals surface area contributed by atoms with Crippen LogP contribution in [0.4, 0.5) is 0 Å². The van der Waals surface area contributed by atoms with Gasteiger partial charge in [-0.3, -0.25) is 4.79 Å². The maximum atomic E-state index is 12.8. The van der Waals surface area contributed by atoms with E-state index in [-0.39, 0.29) is 17.6 Å². The fourth-order valence-electron chi connectivity index (χ4n) is 3.57. The molecule has 8 heteroatoms. The number of piperidine rings is 1. The van der Waals surface area contributed by atoms with Gasteiger partial charge < -0.3 is 14.7 Å². The van der Waals surface area contributed by atoms with Gasteiger partial charge in [0.05, 0.1) is 25.5 Å². The van der Waals surface area contributed by atoms with E-state index in [9.17, 15) is 9.59 Å². The summed E-state index contributed by atoms with van der Waals surface area (Å²) in [6.07, 6.45) is 3.76. The predicted molar refractivity (Wildman–Crippen MR) is 91.0 cm³/mol. The highest BCUT2D eigenvalue weighted by Crippen LogP contribution is 2.24. The van der Waals surface area contributed by atoms with Crippen LogP contribution < -0.4 is 0 Å². The van der Waals surface area contributed by atoms with Crippen molar-refractivity contribution in [2.45, 2.75) is 31.9 Å². The highest BCUT2D eigenvalue weighted by molar-refractivity contribution is 5.94. The molecule has 1 aromatic carbocycles. The monoisotopic (exact) mass is 356 g/mol. The van der Waals surface area contributed by atoms with Crippen LogP contribution in [0.3, 0.4) is 0 Å². The molecule has 2 aromatic rings. The number of carboxylic acid groups (broad SMARTS) is 1. The number of carbonyl (C=O) groups is 2. The molecule has 4 rings (SSSR count). The number of ether oxygens (including phenoxy) is 1. The molecule has 1 aromatic heterocycles. The molecule has 0 spiro atoms. The van der Waals surface area contributed by atoms with E-state index >= 15 is 0 Å². The second kappa shape index (κ2) is 6.87. The van der Waals surface area contributed by atoms with E-state index in [0.29, 0.717) is 26.3 Å². The van der Waals surface area contributed by atoms with Gasteiger partial charge >= 0.3 is 5.97 Å². The second-order valence-corrected chi connectivity index (χ2v) is 6.70. The number of benzene rings is 1. The molecule has 0 bridgehead atoms. The summed E-state index contributed by atoms with van der Waals surface area (Å²) in [4.78, 5) is 25.6. The molecule has 0 unspecified atom stereocenters. The average Bonchev–Trinajstić information content (AvgIpc) is 3.18. The van der Waals surface area contributed by atoms with Crippen molar-refractivity contribution >= 4 is 11.9 Å². The maximum absolute atomic E-state index is 12.8. The Morgan fingerprint density at radius 3 is 2.73 bits per heavy atom. The number of rotatable bonds is 3. The second-order valence-electron chi connectivity index (χ2n) is 6.70. The lowest BCUT2D eigenvalue weighted by Gasteiger charge is -2.32. The Bertz CT molecular complexity index is 839. The van der Waals surface area contributed by atoms with Crippen molar-refractivity contribution in [3.63, 3.8) is 0 Å². The normalized spacial score (nSPS) is 17.8. The quantitative estimate of drug-likeness (QED) is 0.896. The van der Waals surface area contributed by atoms with Gasteiger partial charge in [0.25, 0.3) is 5.91 Å². The Balaban J connectivity index is 1.41. The topological polar surface area (TPSA) is 97.5 Å². The molecular formula is C18H20N4O4. The number of likely N-dealkylation sites (tertiary alicyclic amines) is 1. The van der Waals surface area contributed by atoms with Crippen molar-refractivity contribution in [1.29, 1.82) is 0 Å². The summed E-state index contributed by atoms with van der Waals surface area (Å²) in [5, 5.41) is 16.5. The molecule has 1 N–H and O–H groups in total. The summed E-state index contributed by atoms with van der Waals surface area (Å²) >= 11 is 0. The van der Waals surface area contributed by atoms with Gasteiger partial charge in [-0.25, -0.2) is 9.48 Å². The predicted octanol–water partition coefficient (Wildman–Crippen LogP) is 1.53. The lowest BCUT2D eigenvalue weighted by Crippen LogP contribution is -2.39. The van der Waals surface area contributed by atoms with Crippen LogP contribution in [0.5, 0.6) is 0 Å². The molecule has 1 amide bonds. The standard InChI is InChI=1S/C18H20N4O4/c23-17(13-1-2-14-11-26-8-5-12(14)9-13)21-6-3-15(4-7-21)22-10-16(18(24)25)19-20-22/h1-2,9-10,15H,3-8,11H2,(H,24,25). The SMILES string of the molecule is O=C(O)c1cn(C2CCN(C(=O)c3ccc4c(c3)CCOC4)CC2)nn1. The molecule has 1 saturated heterocycles. The lowest BCUT2D eigenvalue weighted by atomic mass is 9.98. The smallest absolute Gasteiger partial charge is 0.358 e. The van der Waals surface area contributed by atoms with Crippen LogP contribution in [0.1, 0.15) is 50.9 Å². The number of fused-ring (bicyclic) bond motifs is 1. The lowest BCUT2D eigenvalue weighted by molar-refractivity contribution is 0.0683. The van der Waals surface area contributed by atoms with Crippen LogP contribution in [-0.4, -0.2) is 56.6 Å². The van der Waals surface area contributed by atoms with Crippen molar-refractivity contribution in [2.24, 2.45) is 0 Å². The van der Waals surface area contributed by atoms with Crippen molar-refractivity contribution in [2.75, 3.05) is 19.7 Å². The van der Waals surface area contributed by atoms with E-state index in [1.54, 1.807) is 4.68 Å². The molecule has 26 heavy (non-hydrogen) atoms. The minimum Gasteiger partial charge on any atom is -0.476 e. The number of nitrogens with zero attached hydrogens (tertiary/aromatic N) is 4. The first kappa shape index (κ1) is 16.7. The van der Waals surface area contributed by atoms with Crippen molar-refractivity contribution in [3.05, 3.63) is 46.8 Å². The first-order chi connectivity index (χ1) is 12.6. The highest BCUT2D eigenvalue weighted by Gasteiger charge is 2.26. The van der Waals surface area contributed by atoms with Crippen LogP contribution in [0.2, 0.25) is 0 Å². The number of amides is 1. The van der Waals surface area contributed by atoms with Crippen LogP contribution in [-0.2, 0) is 17.8 Å². The van der Waals surface area contributed by atoms with Crippen LogP contribution >= 0.6 is 0 Å². The third kappa shape index (κ3) is 3.20. The summed E-state index contributed by atoms with van der Waals surface area (Å²) in [7, 11) is 0. The fourth-order valence-corrected chi connectivity index (χ4v) is 3.57. The fraction of sp³-hybridized carbons (Fsp3) is 0.444. The maximum Gasteiger partial charge on any atom is 0.358 e. The van der Waals surface area contributed by atoms with Gasteiger partial charge in [0.1, 0.15) is 0 Å². The van der Waals surface area contributed by atoms with Gasteiger partial charge in [-0.2, -0.15) is 0 Å². The first-order valence-corrected chi connectivity index (χ1v) is 8.76. The first-order valence-electron chi connectivity index (χ1n) is 8.76. The molecule has 2 aliphatic rings. The van der Waals surface area contributed by atoms with Gasteiger partial charge in [0.15, 0.2) is 5.69 Å². The number of aromatic nitrogens is 3. The largest absolute Gasteiger partial charge is 0.476 e. The average molecular weight is 356 g/mol. The molecule has 2 aliphatic heterocycles. The van der Waals surface area contributed by atoms with Crippen LogP contribution in [0.25, 0.3) is 0 Å². The van der Waals surface area contributed by atoms with Crippen LogP contribution in [0.15, 0.2) is 24.4 Å². The summed E-state index contributed by atoms with van der Waals surface area (Å²) in [5.74, 6) is -1.04. The Morgan fingerprint density at radius 2 is 2.00 bits per heavy atom. The molecule has 0 radical (unpaired) electrons. The summed E-state index contributed by atoms with van der Waals surface area (Å²) in [6, 6.07) is 5.92. The molecule has 8 nitrogen and oxygen atoms in total. The van der Waals surface area contributed by atoms with Gasteiger partial charge in [-0.05, 0) is 42.5 Å². The number of hydrogen-bond donors (Lipinski definition) is 1. The molecule has 0 saturated carbocycles. The van der Waals surface area contributed by atoms with E-state index in [0.717, 1.165) is 30.4 Å². The zero-order valence-electron chi connectivity index (χ0n) is 14.3. The molecular weight excluding hydrogens is 336 g/mol. The van der Waals surface area contributed by atoms with Crippen LogP contribution in [0, 0.1) is 0 Å². The zero-order valence-corrected chi connectivity index (χ0v) is 14.3. The number of carboxylic acids is 1. The zero-order chi connectivity index (χ0) is 18.1. The van der Waals surface area contributed by atoms with Crippen molar-refractivity contribution in [1.82, 2.24) is 19.9 Å². The third-order valence-electron chi connectivity index (χ3n) is 5.08. The molecule has 1 fully saturated rings. The van der Waals surface area contributed by atoms with Gasteiger partial charge in [-0.15, -0.1) is 5.10 Å². The van der Waals surface area contributed by atoms with E-state index in [2.05, 4.69) is 10.3 Å². The molecule has 3 heterocycles.